The highest BCUT2D eigenvalue weighted by Gasteiger charge is 2.45. The van der Waals surface area contributed by atoms with E-state index in [2.05, 4.69) is 28.4 Å². The van der Waals surface area contributed by atoms with Gasteiger partial charge in [-0.3, -0.25) is 0 Å². The van der Waals surface area contributed by atoms with Gasteiger partial charge < -0.3 is 20.1 Å². The van der Waals surface area contributed by atoms with Crippen LogP contribution >= 0.6 is 11.3 Å². The molecule has 0 radical (unpaired) electrons. The molecule has 0 saturated carbocycles. The van der Waals surface area contributed by atoms with Crippen LogP contribution in [0.25, 0.3) is 0 Å². The molecule has 198 valence electrons. The predicted molar refractivity (Wildman–Crippen MR) is 139 cm³/mol. The number of likely N-dealkylation sites (tertiary alicyclic amines) is 1. The zero-order chi connectivity index (χ0) is 25.6. The van der Waals surface area contributed by atoms with Crippen LogP contribution in [0.5, 0.6) is 0 Å². The molecule has 0 amide bonds. The Bertz CT molecular complexity index is 1150. The number of anilines is 1. The van der Waals surface area contributed by atoms with Crippen LogP contribution in [0.1, 0.15) is 54.9 Å². The van der Waals surface area contributed by atoms with Gasteiger partial charge in [0, 0.05) is 48.8 Å². The summed E-state index contributed by atoms with van der Waals surface area (Å²) in [5.74, 6) is 0.392. The van der Waals surface area contributed by atoms with E-state index in [-0.39, 0.29) is 30.1 Å². The second-order valence-corrected chi connectivity index (χ2v) is 11.7. The van der Waals surface area contributed by atoms with Crippen molar-refractivity contribution >= 4 is 17.0 Å². The van der Waals surface area contributed by atoms with Gasteiger partial charge in [-0.1, -0.05) is 24.3 Å². The lowest BCUT2D eigenvalue weighted by Crippen LogP contribution is -2.50. The molecule has 4 nitrogen and oxygen atoms in total. The van der Waals surface area contributed by atoms with Crippen molar-refractivity contribution in [3.8, 4) is 0 Å². The Hall–Kier alpha value is -2.13. The Morgan fingerprint density at radius 3 is 2.68 bits per heavy atom. The molecule has 0 spiro atoms. The molecular weight excluding hydrogens is 497 g/mol. The van der Waals surface area contributed by atoms with Gasteiger partial charge in [0.15, 0.2) is 0 Å². The van der Waals surface area contributed by atoms with Gasteiger partial charge in [0.25, 0.3) is 0 Å². The van der Waals surface area contributed by atoms with Gasteiger partial charge in [0.05, 0.1) is 23.4 Å². The zero-order valence-corrected chi connectivity index (χ0v) is 21.5. The molecule has 3 aliphatic heterocycles. The van der Waals surface area contributed by atoms with Gasteiger partial charge in [0.1, 0.15) is 0 Å². The molecular formula is C29H33F3N2O2S. The highest BCUT2D eigenvalue weighted by atomic mass is 32.1. The van der Waals surface area contributed by atoms with E-state index in [1.807, 2.05) is 22.9 Å². The van der Waals surface area contributed by atoms with Gasteiger partial charge in [-0.2, -0.15) is 24.5 Å². The molecule has 2 N–H and O–H groups in total. The summed E-state index contributed by atoms with van der Waals surface area (Å²) in [5, 5.41) is 18.7. The number of benzene rings is 1. The average molecular weight is 531 g/mol. The first-order valence-corrected chi connectivity index (χ1v) is 14.2. The third-order valence-corrected chi connectivity index (χ3v) is 9.38. The predicted octanol–water partition coefficient (Wildman–Crippen LogP) is 6.51. The molecule has 5 atom stereocenters. The monoisotopic (exact) mass is 530 g/mol. The Morgan fingerprint density at radius 1 is 1.14 bits per heavy atom. The van der Waals surface area contributed by atoms with Crippen molar-refractivity contribution in [1.82, 2.24) is 4.90 Å². The first-order valence-electron chi connectivity index (χ1n) is 13.2. The average Bonchev–Trinajstić information content (AvgIpc) is 3.46. The highest BCUT2D eigenvalue weighted by molar-refractivity contribution is 7.08. The lowest BCUT2D eigenvalue weighted by molar-refractivity contribution is -0.138. The minimum absolute atomic E-state index is 0.0449. The maximum absolute atomic E-state index is 13.6. The van der Waals surface area contributed by atoms with Crippen LogP contribution in [0.15, 0.2) is 59.3 Å². The first kappa shape index (κ1) is 25.2. The molecule has 8 heteroatoms. The molecule has 6 rings (SSSR count). The van der Waals surface area contributed by atoms with Gasteiger partial charge in [-0.15, -0.1) is 0 Å². The Labute approximate surface area is 219 Å². The fourth-order valence-electron chi connectivity index (χ4n) is 6.61. The van der Waals surface area contributed by atoms with Crippen molar-refractivity contribution in [2.75, 3.05) is 25.0 Å². The number of alkyl halides is 3. The second kappa shape index (κ2) is 9.88. The molecule has 2 saturated heterocycles. The van der Waals surface area contributed by atoms with E-state index < -0.39 is 17.3 Å². The molecule has 1 aliphatic carbocycles. The zero-order valence-electron chi connectivity index (χ0n) is 20.7. The molecule has 1 aromatic heterocycles. The van der Waals surface area contributed by atoms with E-state index in [1.54, 1.807) is 17.4 Å². The van der Waals surface area contributed by atoms with E-state index in [1.165, 1.54) is 12.1 Å². The van der Waals surface area contributed by atoms with Crippen LogP contribution in [0.3, 0.4) is 0 Å². The maximum Gasteiger partial charge on any atom is 0.416 e. The molecule has 37 heavy (non-hydrogen) atoms. The van der Waals surface area contributed by atoms with Crippen LogP contribution < -0.4 is 5.32 Å². The second-order valence-electron chi connectivity index (χ2n) is 10.9. The number of allylic oxidation sites excluding steroid dienone is 3. The summed E-state index contributed by atoms with van der Waals surface area (Å²) in [6.07, 6.45) is 7.72. The van der Waals surface area contributed by atoms with Gasteiger partial charge in [-0.25, -0.2) is 0 Å². The van der Waals surface area contributed by atoms with E-state index in [0.29, 0.717) is 18.4 Å². The number of thiophene rings is 1. The summed E-state index contributed by atoms with van der Waals surface area (Å²) in [5.41, 5.74) is 0.980. The summed E-state index contributed by atoms with van der Waals surface area (Å²) in [7, 11) is 0. The van der Waals surface area contributed by atoms with E-state index in [4.69, 9.17) is 4.74 Å². The van der Waals surface area contributed by atoms with Crippen molar-refractivity contribution < 1.29 is 23.0 Å². The number of fused-ring (bicyclic) bond motifs is 3. The summed E-state index contributed by atoms with van der Waals surface area (Å²) in [4.78, 5) is 2.34. The number of hydrogen-bond donors (Lipinski definition) is 2. The largest absolute Gasteiger partial charge is 0.416 e. The van der Waals surface area contributed by atoms with E-state index in [0.717, 1.165) is 50.1 Å². The molecule has 0 bridgehead atoms. The van der Waals surface area contributed by atoms with Crippen LogP contribution in [-0.2, 0) is 16.5 Å². The number of aliphatic hydroxyl groups is 1. The number of nitrogens with zero attached hydrogens (tertiary/aromatic N) is 1. The Morgan fingerprint density at radius 2 is 1.97 bits per heavy atom. The number of piperidine rings is 1. The lowest BCUT2D eigenvalue weighted by atomic mass is 9.73. The molecule has 2 fully saturated rings. The van der Waals surface area contributed by atoms with Crippen LogP contribution in [-0.4, -0.2) is 41.8 Å². The van der Waals surface area contributed by atoms with Crippen LogP contribution in [0.2, 0.25) is 0 Å². The Balaban J connectivity index is 1.20. The Kier molecular flexibility index (Phi) is 6.72. The molecule has 2 aromatic rings. The fraction of sp³-hybridized carbons (Fsp3) is 0.517. The number of ether oxygens (including phenoxy) is 1. The number of halogens is 3. The summed E-state index contributed by atoms with van der Waals surface area (Å²) < 4.78 is 47.5. The maximum atomic E-state index is 13.6. The smallest absolute Gasteiger partial charge is 0.385 e. The van der Waals surface area contributed by atoms with Crippen molar-refractivity contribution in [3.63, 3.8) is 0 Å². The lowest BCUT2D eigenvalue weighted by Gasteiger charge is -2.48. The van der Waals surface area contributed by atoms with Gasteiger partial charge >= 0.3 is 6.18 Å². The van der Waals surface area contributed by atoms with Gasteiger partial charge in [0.2, 0.25) is 0 Å². The fourth-order valence-corrected chi connectivity index (χ4v) is 7.35. The quantitative estimate of drug-likeness (QED) is 0.473. The first-order chi connectivity index (χ1) is 17.8. The van der Waals surface area contributed by atoms with Crippen LogP contribution in [0, 0.1) is 11.8 Å². The molecule has 1 aromatic carbocycles. The summed E-state index contributed by atoms with van der Waals surface area (Å²) in [6, 6.07) is 6.15. The van der Waals surface area contributed by atoms with E-state index in [9.17, 15) is 18.3 Å². The van der Waals surface area contributed by atoms with Crippen molar-refractivity contribution in [3.05, 3.63) is 76.0 Å². The number of nitrogens with one attached hydrogen (secondary N) is 1. The molecule has 1 unspecified atom stereocenters. The topological polar surface area (TPSA) is 44.7 Å². The summed E-state index contributed by atoms with van der Waals surface area (Å²) in [6.45, 7) is 2.29. The molecule has 4 heterocycles. The molecule has 4 aliphatic rings. The van der Waals surface area contributed by atoms with Crippen molar-refractivity contribution in [2.45, 2.75) is 62.1 Å². The van der Waals surface area contributed by atoms with Crippen molar-refractivity contribution in [2.24, 2.45) is 11.8 Å². The van der Waals surface area contributed by atoms with Gasteiger partial charge in [-0.05, 0) is 72.7 Å². The minimum Gasteiger partial charge on any atom is -0.385 e. The highest BCUT2D eigenvalue weighted by Crippen LogP contribution is 2.49. The third kappa shape index (κ3) is 5.01. The van der Waals surface area contributed by atoms with E-state index >= 15 is 0 Å². The van der Waals surface area contributed by atoms with Crippen molar-refractivity contribution in [1.29, 1.82) is 0 Å². The third-order valence-electron chi connectivity index (χ3n) is 8.70. The SMILES string of the molecule is OC1(c2ccsc2)CCN(C[C@H]2CC[C@@H]3[C@H](O2)c2cc(C(F)(F)F)ccc2N[C@H]3C2C=CC=CC2)CC1. The number of rotatable bonds is 4. The van der Waals surface area contributed by atoms with Crippen LogP contribution in [0.4, 0.5) is 18.9 Å². The number of hydrogen-bond acceptors (Lipinski definition) is 5. The normalized spacial score (nSPS) is 31.4. The summed E-state index contributed by atoms with van der Waals surface area (Å²) >= 11 is 1.60. The standard InChI is InChI=1S/C29H33F3N2O2S/c30-29(31,32)20-6-9-25-24(16-20)27-23(26(33-25)19-4-2-1-3-5-19)8-7-22(36-27)17-34-13-11-28(35,12-14-34)21-10-15-37-18-21/h1-4,6,9-10,15-16,18-19,22-23,26-27,33,35H,5,7-8,11-14,17H2/t19?,22-,23+,26+,27+/m1/s1. The minimum atomic E-state index is -4.39.